The van der Waals surface area contributed by atoms with Crippen LogP contribution in [0.3, 0.4) is 0 Å². The lowest BCUT2D eigenvalue weighted by atomic mass is 9.99. The summed E-state index contributed by atoms with van der Waals surface area (Å²) in [4.78, 5) is 27.1. The lowest BCUT2D eigenvalue weighted by Gasteiger charge is -2.32. The van der Waals surface area contributed by atoms with Crippen LogP contribution in [-0.2, 0) is 13.5 Å². The quantitative estimate of drug-likeness (QED) is 0.465. The van der Waals surface area contributed by atoms with Gasteiger partial charge in [-0.05, 0) is 24.6 Å². The third kappa shape index (κ3) is 2.82. The van der Waals surface area contributed by atoms with Crippen LogP contribution in [0.4, 0.5) is 0 Å². The lowest BCUT2D eigenvalue weighted by molar-refractivity contribution is 0.0646. The zero-order valence-corrected chi connectivity index (χ0v) is 17.4. The van der Waals surface area contributed by atoms with E-state index < -0.39 is 6.04 Å². The summed E-state index contributed by atoms with van der Waals surface area (Å²) >= 11 is 0. The van der Waals surface area contributed by atoms with Crippen LogP contribution in [0.15, 0.2) is 47.7 Å². The second kappa shape index (κ2) is 6.87. The van der Waals surface area contributed by atoms with Gasteiger partial charge in [0.25, 0.3) is 5.89 Å². The van der Waals surface area contributed by atoms with Crippen molar-refractivity contribution in [3.8, 4) is 11.6 Å². The highest BCUT2D eigenvalue weighted by atomic mass is 16.4. The number of H-pyrrole nitrogens is 1. The van der Waals surface area contributed by atoms with E-state index in [1.807, 2.05) is 42.9 Å². The van der Waals surface area contributed by atoms with E-state index in [0.29, 0.717) is 18.7 Å². The average molecular weight is 429 g/mol. The predicted octanol–water partition coefficient (Wildman–Crippen LogP) is 1.94. The van der Waals surface area contributed by atoms with Gasteiger partial charge < -0.3 is 18.9 Å². The molecule has 0 saturated heterocycles. The maximum atomic E-state index is 13.5. The second-order valence-corrected chi connectivity index (χ2v) is 7.84. The number of aryl methyl sites for hydroxylation is 2. The van der Waals surface area contributed by atoms with Crippen LogP contribution >= 0.6 is 0 Å². The monoisotopic (exact) mass is 429 g/mol. The molecular formula is C21H19N9O2. The van der Waals surface area contributed by atoms with Gasteiger partial charge in [0.1, 0.15) is 11.7 Å². The van der Waals surface area contributed by atoms with Crippen molar-refractivity contribution in [1.82, 2.24) is 44.2 Å². The molecule has 1 amide bonds. The molecule has 32 heavy (non-hydrogen) atoms. The van der Waals surface area contributed by atoms with E-state index in [9.17, 15) is 4.79 Å². The van der Waals surface area contributed by atoms with E-state index >= 15 is 0 Å². The highest BCUT2D eigenvalue weighted by Gasteiger charge is 2.38. The summed E-state index contributed by atoms with van der Waals surface area (Å²) in [5.41, 5.74) is 5.08. The van der Waals surface area contributed by atoms with Gasteiger partial charge in [0.05, 0.1) is 29.6 Å². The van der Waals surface area contributed by atoms with Gasteiger partial charge in [-0.3, -0.25) is 4.79 Å². The van der Waals surface area contributed by atoms with E-state index in [-0.39, 0.29) is 17.7 Å². The van der Waals surface area contributed by atoms with Gasteiger partial charge in [0, 0.05) is 38.1 Å². The SMILES string of the molecule is Cc1cccn2nc(C3c4nc[nH]c4CCN3C(=O)c3nnc(-c4cn(C)cn4)o3)cc12. The van der Waals surface area contributed by atoms with E-state index in [4.69, 9.17) is 9.52 Å². The zero-order valence-electron chi connectivity index (χ0n) is 17.4. The molecule has 6 heterocycles. The molecule has 11 nitrogen and oxygen atoms in total. The number of aromatic nitrogens is 8. The van der Waals surface area contributed by atoms with Crippen molar-refractivity contribution in [3.05, 3.63) is 71.8 Å². The average Bonchev–Trinajstić information content (AvgIpc) is 3.57. The molecule has 1 atom stereocenters. The van der Waals surface area contributed by atoms with Gasteiger partial charge in [-0.2, -0.15) is 5.10 Å². The van der Waals surface area contributed by atoms with Crippen LogP contribution in [0, 0.1) is 6.92 Å². The van der Waals surface area contributed by atoms with Crippen LogP contribution in [0.1, 0.15) is 39.4 Å². The Bertz CT molecular complexity index is 1460. The van der Waals surface area contributed by atoms with Crippen molar-refractivity contribution in [2.75, 3.05) is 6.54 Å². The second-order valence-electron chi connectivity index (χ2n) is 7.84. The number of nitrogens with zero attached hydrogens (tertiary/aromatic N) is 8. The Morgan fingerprint density at radius 1 is 1.28 bits per heavy atom. The highest BCUT2D eigenvalue weighted by Crippen LogP contribution is 2.34. The number of aromatic amines is 1. The smallest absolute Gasteiger partial charge is 0.312 e. The summed E-state index contributed by atoms with van der Waals surface area (Å²) in [6.45, 7) is 2.50. The number of hydrogen-bond donors (Lipinski definition) is 1. The number of imidazole rings is 2. The Kier molecular flexibility index (Phi) is 3.97. The van der Waals surface area contributed by atoms with Crippen molar-refractivity contribution in [1.29, 1.82) is 0 Å². The molecule has 0 radical (unpaired) electrons. The summed E-state index contributed by atoms with van der Waals surface area (Å²) in [6, 6.07) is 5.50. The Morgan fingerprint density at radius 2 is 2.19 bits per heavy atom. The highest BCUT2D eigenvalue weighted by molar-refractivity contribution is 5.90. The van der Waals surface area contributed by atoms with Gasteiger partial charge in [0.2, 0.25) is 0 Å². The molecule has 5 aromatic rings. The van der Waals surface area contributed by atoms with Gasteiger partial charge >= 0.3 is 11.8 Å². The van der Waals surface area contributed by atoms with E-state index in [0.717, 1.165) is 28.2 Å². The molecule has 6 rings (SSSR count). The maximum absolute atomic E-state index is 13.5. The fraction of sp³-hybridized carbons (Fsp3) is 0.238. The fourth-order valence-corrected chi connectivity index (χ4v) is 4.16. The number of rotatable bonds is 3. The summed E-state index contributed by atoms with van der Waals surface area (Å²) < 4.78 is 9.28. The third-order valence-corrected chi connectivity index (χ3v) is 5.73. The van der Waals surface area contributed by atoms with Crippen LogP contribution in [0.2, 0.25) is 0 Å². The molecular weight excluding hydrogens is 410 g/mol. The molecule has 0 spiro atoms. The van der Waals surface area contributed by atoms with Crippen molar-refractivity contribution in [3.63, 3.8) is 0 Å². The number of amides is 1. The Hall–Kier alpha value is -4.28. The predicted molar refractivity (Wildman–Crippen MR) is 112 cm³/mol. The van der Waals surface area contributed by atoms with Gasteiger partial charge in [-0.1, -0.05) is 6.07 Å². The van der Waals surface area contributed by atoms with Gasteiger partial charge in [0.15, 0.2) is 0 Å². The molecule has 11 heteroatoms. The molecule has 0 aliphatic carbocycles. The van der Waals surface area contributed by atoms with Crippen molar-refractivity contribution >= 4 is 11.4 Å². The minimum Gasteiger partial charge on any atom is -0.411 e. The van der Waals surface area contributed by atoms with Crippen LogP contribution in [-0.4, -0.2) is 56.7 Å². The molecule has 5 aromatic heterocycles. The van der Waals surface area contributed by atoms with Crippen molar-refractivity contribution < 1.29 is 9.21 Å². The van der Waals surface area contributed by atoms with E-state index in [1.54, 1.807) is 28.3 Å². The standard InChI is InChI=1S/C21H19N9O2/c1-12-4-3-6-30-16(12)8-14(27-30)18-17-13(22-10-23-17)5-7-29(18)21(31)20-26-25-19(32-20)15-9-28(2)11-24-15/h3-4,6,8-11,18H,5,7H2,1-2H3,(H,22,23). The molecule has 160 valence electrons. The Morgan fingerprint density at radius 3 is 3.00 bits per heavy atom. The number of carbonyl (C=O) groups is 1. The normalized spacial score (nSPS) is 15.9. The third-order valence-electron chi connectivity index (χ3n) is 5.73. The number of fused-ring (bicyclic) bond motifs is 2. The summed E-state index contributed by atoms with van der Waals surface area (Å²) in [5, 5.41) is 12.8. The molecule has 0 bridgehead atoms. The van der Waals surface area contributed by atoms with Crippen LogP contribution in [0.5, 0.6) is 0 Å². The number of pyridine rings is 1. The van der Waals surface area contributed by atoms with E-state index in [2.05, 4.69) is 25.1 Å². The first kappa shape index (κ1) is 18.5. The molecule has 1 aliphatic heterocycles. The van der Waals surface area contributed by atoms with Crippen molar-refractivity contribution in [2.45, 2.75) is 19.4 Å². The minimum absolute atomic E-state index is 0.0883. The number of hydrogen-bond acceptors (Lipinski definition) is 7. The lowest BCUT2D eigenvalue weighted by Crippen LogP contribution is -2.41. The summed E-state index contributed by atoms with van der Waals surface area (Å²) in [6.07, 6.45) is 7.57. The minimum atomic E-state index is -0.470. The molecule has 1 aliphatic rings. The molecule has 0 saturated carbocycles. The maximum Gasteiger partial charge on any atom is 0.312 e. The van der Waals surface area contributed by atoms with Crippen LogP contribution in [0.25, 0.3) is 17.1 Å². The topological polar surface area (TPSA) is 123 Å². The zero-order chi connectivity index (χ0) is 21.8. The summed E-state index contributed by atoms with van der Waals surface area (Å²) in [7, 11) is 1.84. The van der Waals surface area contributed by atoms with Crippen LogP contribution < -0.4 is 0 Å². The first-order valence-corrected chi connectivity index (χ1v) is 10.2. The number of nitrogens with one attached hydrogen (secondary N) is 1. The molecule has 0 fully saturated rings. The first-order valence-electron chi connectivity index (χ1n) is 10.2. The molecule has 1 unspecified atom stereocenters. The van der Waals surface area contributed by atoms with E-state index in [1.165, 1.54) is 0 Å². The van der Waals surface area contributed by atoms with Crippen molar-refractivity contribution in [2.24, 2.45) is 7.05 Å². The Labute approximate surface area is 181 Å². The largest absolute Gasteiger partial charge is 0.411 e. The fourth-order valence-electron chi connectivity index (χ4n) is 4.16. The van der Waals surface area contributed by atoms with Gasteiger partial charge in [-0.25, -0.2) is 14.5 Å². The van der Waals surface area contributed by atoms with Gasteiger partial charge in [-0.15, -0.1) is 10.2 Å². The summed E-state index contributed by atoms with van der Waals surface area (Å²) in [5.74, 6) is -0.256. The first-order chi connectivity index (χ1) is 15.6. The number of carbonyl (C=O) groups excluding carboxylic acids is 1. The molecule has 1 N–H and O–H groups in total. The Balaban J connectivity index is 1.41. The molecule has 0 aromatic carbocycles.